The molecule has 202 valence electrons. The number of hydrogen-bond acceptors (Lipinski definition) is 7. The fraction of sp³-hybridized carbons (Fsp3) is 0.963. The molecular formula is C27H53N7O. The van der Waals surface area contributed by atoms with Crippen molar-refractivity contribution < 1.29 is 4.79 Å². The van der Waals surface area contributed by atoms with Crippen LogP contribution in [0.2, 0.25) is 0 Å². The summed E-state index contributed by atoms with van der Waals surface area (Å²) in [5.74, 6) is 2.17. The van der Waals surface area contributed by atoms with E-state index in [1.165, 1.54) is 44.9 Å². The molecule has 1 amide bonds. The topological polar surface area (TPSA) is 88.9 Å². The molecule has 0 aromatic rings. The van der Waals surface area contributed by atoms with E-state index < -0.39 is 0 Å². The lowest BCUT2D eigenvalue weighted by Gasteiger charge is -2.47. The maximum Gasteiger partial charge on any atom is 0.225 e. The number of likely N-dealkylation sites (N-methyl/N-ethyl adjacent to an activating group) is 2. The highest BCUT2D eigenvalue weighted by Crippen LogP contribution is 2.40. The normalized spacial score (nSPS) is 36.5. The molecule has 3 saturated heterocycles. The Labute approximate surface area is 214 Å². The summed E-state index contributed by atoms with van der Waals surface area (Å²) in [5.41, 5.74) is 9.44. The average molecular weight is 492 g/mol. The first-order chi connectivity index (χ1) is 16.9. The summed E-state index contributed by atoms with van der Waals surface area (Å²) >= 11 is 0. The molecule has 0 aromatic carbocycles. The summed E-state index contributed by atoms with van der Waals surface area (Å²) in [6.45, 7) is 10.2. The molecule has 0 bridgehead atoms. The minimum Gasteiger partial charge on any atom is -0.344 e. The summed E-state index contributed by atoms with van der Waals surface area (Å²) in [5, 5.41) is 10.1. The number of piperidine rings is 2. The number of fused-ring (bicyclic) bond motifs is 1. The Morgan fingerprint density at radius 2 is 1.91 bits per heavy atom. The van der Waals surface area contributed by atoms with Gasteiger partial charge in [-0.05, 0) is 77.8 Å². The van der Waals surface area contributed by atoms with Gasteiger partial charge in [0, 0.05) is 69.7 Å². The Morgan fingerprint density at radius 3 is 2.63 bits per heavy atom. The quantitative estimate of drug-likeness (QED) is 0.388. The number of nitrogens with one attached hydrogen (secondary N) is 3. The number of rotatable bonds is 9. The van der Waals surface area contributed by atoms with Crippen LogP contribution in [-0.4, -0.2) is 98.4 Å². The third-order valence-electron chi connectivity index (χ3n) is 9.25. The summed E-state index contributed by atoms with van der Waals surface area (Å²) in [7, 11) is 4.24. The van der Waals surface area contributed by atoms with Crippen molar-refractivity contribution in [1.82, 2.24) is 30.9 Å². The van der Waals surface area contributed by atoms with Gasteiger partial charge in [0.2, 0.25) is 5.91 Å². The molecule has 0 spiro atoms. The van der Waals surface area contributed by atoms with Crippen molar-refractivity contribution in [2.75, 3.05) is 53.4 Å². The van der Waals surface area contributed by atoms with Gasteiger partial charge in [-0.3, -0.25) is 15.5 Å². The van der Waals surface area contributed by atoms with E-state index in [-0.39, 0.29) is 12.1 Å². The predicted molar refractivity (Wildman–Crippen MR) is 143 cm³/mol. The predicted octanol–water partition coefficient (Wildman–Crippen LogP) is 1.43. The highest BCUT2D eigenvalue weighted by atomic mass is 16.2. The molecule has 4 aliphatic rings. The molecule has 35 heavy (non-hydrogen) atoms. The van der Waals surface area contributed by atoms with E-state index in [1.54, 1.807) is 0 Å². The molecule has 4 fully saturated rings. The SMILES string of the molecule is CC(C)N1NCC2C(C(=O)N(C)CC3CCCCN3)CC(C3CCCC(CN(C)CCN)C3)NC21. The van der Waals surface area contributed by atoms with Gasteiger partial charge in [-0.2, -0.15) is 0 Å². The monoisotopic (exact) mass is 491 g/mol. The third-order valence-corrected chi connectivity index (χ3v) is 9.25. The van der Waals surface area contributed by atoms with Crippen LogP contribution in [0.5, 0.6) is 0 Å². The van der Waals surface area contributed by atoms with Crippen molar-refractivity contribution in [3.05, 3.63) is 0 Å². The Balaban J connectivity index is 1.45. The van der Waals surface area contributed by atoms with Gasteiger partial charge >= 0.3 is 0 Å². The van der Waals surface area contributed by atoms with E-state index in [9.17, 15) is 4.79 Å². The Kier molecular flexibility index (Phi) is 9.86. The van der Waals surface area contributed by atoms with Crippen molar-refractivity contribution >= 4 is 5.91 Å². The highest BCUT2D eigenvalue weighted by molar-refractivity contribution is 5.79. The number of hydrogen-bond donors (Lipinski definition) is 4. The lowest BCUT2D eigenvalue weighted by Crippen LogP contribution is -2.62. The second kappa shape index (κ2) is 12.7. The fourth-order valence-corrected chi connectivity index (χ4v) is 7.45. The second-order valence-electron chi connectivity index (χ2n) is 12.3. The molecule has 0 radical (unpaired) electrons. The molecule has 1 saturated carbocycles. The highest BCUT2D eigenvalue weighted by Gasteiger charge is 2.50. The standard InChI is InChI=1S/C27H53N7O/c1-19(2)34-26-24(16-30-34)23(27(35)33(4)18-22-10-5-6-12-29-22)15-25(31-26)21-9-7-8-20(14-21)17-32(3)13-11-28/h19-26,29-31H,5-18,28H2,1-4H3. The minimum absolute atomic E-state index is 0.0939. The van der Waals surface area contributed by atoms with Gasteiger partial charge in [0.1, 0.15) is 0 Å². The number of carbonyl (C=O) groups is 1. The largest absolute Gasteiger partial charge is 0.344 e. The second-order valence-corrected chi connectivity index (χ2v) is 12.3. The molecule has 0 aromatic heterocycles. The number of hydrazine groups is 1. The number of nitrogens with two attached hydrogens (primary N) is 1. The lowest BCUT2D eigenvalue weighted by atomic mass is 9.71. The van der Waals surface area contributed by atoms with Crippen molar-refractivity contribution in [1.29, 1.82) is 0 Å². The summed E-state index contributed by atoms with van der Waals surface area (Å²) in [6, 6.07) is 1.26. The van der Waals surface area contributed by atoms with Crippen molar-refractivity contribution in [2.45, 2.75) is 89.5 Å². The molecular weight excluding hydrogens is 438 g/mol. The number of amides is 1. The molecule has 8 nitrogen and oxygen atoms in total. The molecule has 3 heterocycles. The zero-order chi connectivity index (χ0) is 24.9. The third kappa shape index (κ3) is 6.76. The van der Waals surface area contributed by atoms with Crippen molar-refractivity contribution in [3.63, 3.8) is 0 Å². The fourth-order valence-electron chi connectivity index (χ4n) is 7.45. The van der Waals surface area contributed by atoms with E-state index in [1.807, 2.05) is 7.05 Å². The first kappa shape index (κ1) is 27.3. The molecule has 1 aliphatic carbocycles. The Morgan fingerprint density at radius 1 is 1.09 bits per heavy atom. The smallest absolute Gasteiger partial charge is 0.225 e. The van der Waals surface area contributed by atoms with Crippen LogP contribution < -0.4 is 21.8 Å². The molecule has 5 N–H and O–H groups in total. The van der Waals surface area contributed by atoms with Crippen molar-refractivity contribution in [2.24, 2.45) is 29.4 Å². The lowest BCUT2D eigenvalue weighted by molar-refractivity contribution is -0.139. The van der Waals surface area contributed by atoms with E-state index in [4.69, 9.17) is 5.73 Å². The van der Waals surface area contributed by atoms with Gasteiger partial charge in [-0.1, -0.05) is 12.8 Å². The minimum atomic E-state index is 0.0939. The molecule has 7 atom stereocenters. The summed E-state index contributed by atoms with van der Waals surface area (Å²) in [4.78, 5) is 18.4. The number of nitrogens with zero attached hydrogens (tertiary/aromatic N) is 3. The van der Waals surface area contributed by atoms with E-state index >= 15 is 0 Å². The van der Waals surface area contributed by atoms with Crippen LogP contribution in [0.15, 0.2) is 0 Å². The zero-order valence-corrected chi connectivity index (χ0v) is 22.8. The summed E-state index contributed by atoms with van der Waals surface area (Å²) in [6.07, 6.45) is 10.1. The molecule has 8 heteroatoms. The number of carbonyl (C=O) groups excluding carboxylic acids is 1. The van der Waals surface area contributed by atoms with Gasteiger partial charge in [-0.15, -0.1) is 0 Å². The molecule has 7 unspecified atom stereocenters. The van der Waals surface area contributed by atoms with E-state index in [0.717, 1.165) is 51.6 Å². The average Bonchev–Trinajstić information content (AvgIpc) is 3.28. The van der Waals surface area contributed by atoms with Crippen molar-refractivity contribution in [3.8, 4) is 0 Å². The maximum atomic E-state index is 13.9. The van der Waals surface area contributed by atoms with Gasteiger partial charge in [0.15, 0.2) is 0 Å². The first-order valence-corrected chi connectivity index (χ1v) is 14.5. The van der Waals surface area contributed by atoms with Gasteiger partial charge < -0.3 is 20.9 Å². The Hall–Kier alpha value is -0.770. The maximum absolute atomic E-state index is 13.9. The first-order valence-electron chi connectivity index (χ1n) is 14.5. The zero-order valence-electron chi connectivity index (χ0n) is 22.8. The molecule has 3 aliphatic heterocycles. The van der Waals surface area contributed by atoms with Gasteiger partial charge in [0.05, 0.1) is 6.17 Å². The van der Waals surface area contributed by atoms with Crippen LogP contribution in [0.25, 0.3) is 0 Å². The van der Waals surface area contributed by atoms with E-state index in [0.29, 0.717) is 35.9 Å². The Bertz CT molecular complexity index is 670. The van der Waals surface area contributed by atoms with Crippen LogP contribution in [0, 0.1) is 23.7 Å². The van der Waals surface area contributed by atoms with Gasteiger partial charge in [0.25, 0.3) is 0 Å². The molecule has 4 rings (SSSR count). The van der Waals surface area contributed by atoms with Crippen LogP contribution in [0.1, 0.15) is 65.2 Å². The van der Waals surface area contributed by atoms with Crippen LogP contribution in [0.3, 0.4) is 0 Å². The van der Waals surface area contributed by atoms with E-state index in [2.05, 4.69) is 51.8 Å². The summed E-state index contributed by atoms with van der Waals surface area (Å²) < 4.78 is 0. The van der Waals surface area contributed by atoms with Crippen LogP contribution in [-0.2, 0) is 4.79 Å². The van der Waals surface area contributed by atoms with Crippen LogP contribution in [0.4, 0.5) is 0 Å². The van der Waals surface area contributed by atoms with Crippen LogP contribution >= 0.6 is 0 Å². The van der Waals surface area contributed by atoms with Gasteiger partial charge in [-0.25, -0.2) is 5.01 Å².